The number of aliphatic hydroxyl groups is 9. The zero-order valence-corrected chi connectivity index (χ0v) is 45.8. The van der Waals surface area contributed by atoms with E-state index in [4.69, 9.17) is 56.8 Å². The van der Waals surface area contributed by atoms with E-state index in [0.29, 0.717) is 25.2 Å². The second kappa shape index (κ2) is 23.2. The van der Waals surface area contributed by atoms with Crippen molar-refractivity contribution in [2.24, 2.45) is 34.5 Å². The molecule has 0 aromatic heterocycles. The number of carbonyl (C=O) groups excluding carboxylic acids is 2. The zero-order chi connectivity index (χ0) is 55.9. The predicted molar refractivity (Wildman–Crippen MR) is 265 cm³/mol. The van der Waals surface area contributed by atoms with Crippen molar-refractivity contribution in [3.05, 3.63) is 11.6 Å². The molecule has 0 spiro atoms. The number of hydrogen-bond donors (Lipinski definition) is 9. The minimum absolute atomic E-state index is 0.00954. The van der Waals surface area contributed by atoms with E-state index in [9.17, 15) is 55.5 Å². The smallest absolute Gasteiger partial charge is 0.331 e. The van der Waals surface area contributed by atoms with Crippen molar-refractivity contribution in [2.75, 3.05) is 13.2 Å². The van der Waals surface area contributed by atoms with Gasteiger partial charge < -0.3 is 103 Å². The first-order chi connectivity index (χ1) is 36.9. The van der Waals surface area contributed by atoms with Crippen molar-refractivity contribution < 1.29 is 112 Å². The summed E-state index contributed by atoms with van der Waals surface area (Å²) in [6, 6.07) is 0. The number of hydrogen-bond acceptors (Lipinski definition) is 23. The monoisotopic (exact) mass is 1110 g/mol. The fourth-order valence-corrected chi connectivity index (χ4v) is 16.1. The Morgan fingerprint density at radius 3 is 1.71 bits per heavy atom. The Morgan fingerprint density at radius 1 is 0.628 bits per heavy atom. The van der Waals surface area contributed by atoms with Gasteiger partial charge in [-0.1, -0.05) is 13.8 Å². The van der Waals surface area contributed by atoms with Gasteiger partial charge in [0.15, 0.2) is 31.5 Å². The maximum atomic E-state index is 12.7. The van der Waals surface area contributed by atoms with E-state index < -0.39 is 159 Å². The lowest BCUT2D eigenvalue weighted by molar-refractivity contribution is -0.357. The quantitative estimate of drug-likeness (QED) is 0.0895. The molecule has 9 N–H and O–H groups in total. The first-order valence-corrected chi connectivity index (χ1v) is 28.6. The maximum absolute atomic E-state index is 12.7. The van der Waals surface area contributed by atoms with Gasteiger partial charge in [0.1, 0.15) is 61.5 Å². The fourth-order valence-electron chi connectivity index (χ4n) is 16.1. The van der Waals surface area contributed by atoms with E-state index >= 15 is 0 Å². The first-order valence-electron chi connectivity index (χ1n) is 28.6. The molecule has 30 atom stereocenters. The first kappa shape index (κ1) is 59.1. The molecule has 4 aliphatic carbocycles. The van der Waals surface area contributed by atoms with Crippen LogP contribution in [0.2, 0.25) is 0 Å². The van der Waals surface area contributed by atoms with Gasteiger partial charge in [0.25, 0.3) is 0 Å². The average Bonchev–Trinajstić information content (AvgIpc) is 4.06. The van der Waals surface area contributed by atoms with Crippen molar-refractivity contribution >= 4 is 11.9 Å². The topological polar surface area (TPSA) is 327 Å². The standard InChI is InChI=1S/C55H86O23/c1-23-48(34(58)17-41(68-23)73-30-10-12-53(6)29(15-30)8-9-32-33(53)16-39(61)54(7)31(11-13-55(32,54)66)28-14-40(62)67-22-28)75-42-18-35(59)49(24(2)69-42)76-43-19-36(60)50(25(3)70-43)77-44-20-37(72-27(5)57)51(26(4)71-44)78-52-47(65)46(64)45(63)38(21-56)74-52/h14,23-26,29-39,41-52,56,58-61,63-66H,8-13,15-22H2,1-7H3/t23-,24-,25-,26-,29+,30+,31-,32-,33-,34+,35+,36+,37+,38-,39-,41+,42+,43+,44-,45-,46+,47-,48-,49-,50-,51+,52+,53+,54+,55+/m1/s1. The van der Waals surface area contributed by atoms with Crippen LogP contribution in [0.25, 0.3) is 0 Å². The molecule has 0 unspecified atom stereocenters. The molecule has 9 fully saturated rings. The van der Waals surface area contributed by atoms with Crippen LogP contribution < -0.4 is 0 Å². The van der Waals surface area contributed by atoms with Gasteiger partial charge in [0.2, 0.25) is 0 Å². The average molecular weight is 1120 g/mol. The summed E-state index contributed by atoms with van der Waals surface area (Å²) in [5.74, 6) is -0.609. The van der Waals surface area contributed by atoms with E-state index in [2.05, 4.69) is 6.92 Å². The minimum atomic E-state index is -1.70. The van der Waals surface area contributed by atoms with Crippen LogP contribution in [0.5, 0.6) is 0 Å². The van der Waals surface area contributed by atoms with E-state index in [1.807, 2.05) is 13.8 Å². The maximum Gasteiger partial charge on any atom is 0.331 e. The number of aliphatic hydroxyl groups excluding tert-OH is 8. The van der Waals surface area contributed by atoms with Crippen molar-refractivity contribution in [3.8, 4) is 0 Å². The van der Waals surface area contributed by atoms with Crippen molar-refractivity contribution in [1.29, 1.82) is 0 Å². The zero-order valence-electron chi connectivity index (χ0n) is 45.8. The molecule has 0 radical (unpaired) electrons. The molecule has 10 aliphatic rings. The van der Waals surface area contributed by atoms with E-state index in [1.54, 1.807) is 26.8 Å². The number of esters is 2. The Labute approximate surface area is 455 Å². The second-order valence-electron chi connectivity index (χ2n) is 24.9. The van der Waals surface area contributed by atoms with Crippen LogP contribution in [0.15, 0.2) is 11.6 Å². The highest BCUT2D eigenvalue weighted by Gasteiger charge is 2.71. The van der Waals surface area contributed by atoms with Gasteiger partial charge >= 0.3 is 11.9 Å². The van der Waals surface area contributed by atoms with Crippen molar-refractivity contribution in [1.82, 2.24) is 0 Å². The molecule has 4 saturated carbocycles. The van der Waals surface area contributed by atoms with Crippen LogP contribution in [0.3, 0.4) is 0 Å². The third-order valence-electron chi connectivity index (χ3n) is 20.3. The number of rotatable bonds is 13. The van der Waals surface area contributed by atoms with Gasteiger partial charge in [0.05, 0.1) is 67.1 Å². The highest BCUT2D eigenvalue weighted by atomic mass is 16.8. The Bertz CT molecular complexity index is 2100. The van der Waals surface area contributed by atoms with Crippen molar-refractivity contribution in [3.63, 3.8) is 0 Å². The molecule has 78 heavy (non-hydrogen) atoms. The molecule has 6 aliphatic heterocycles. The highest BCUT2D eigenvalue weighted by molar-refractivity contribution is 5.85. The fraction of sp³-hybridized carbons (Fsp3) is 0.927. The molecular weight excluding hydrogens is 1030 g/mol. The van der Waals surface area contributed by atoms with Gasteiger partial charge in [-0.3, -0.25) is 4.79 Å². The lowest BCUT2D eigenvalue weighted by atomic mass is 9.42. The molecule has 23 nitrogen and oxygen atoms in total. The summed E-state index contributed by atoms with van der Waals surface area (Å²) in [6.45, 7) is 12.0. The summed E-state index contributed by atoms with van der Waals surface area (Å²) in [5, 5.41) is 99.7. The van der Waals surface area contributed by atoms with Crippen LogP contribution in [0.1, 0.15) is 126 Å². The van der Waals surface area contributed by atoms with Gasteiger partial charge in [-0.15, -0.1) is 0 Å². The van der Waals surface area contributed by atoms with Crippen LogP contribution in [0, 0.1) is 34.5 Å². The van der Waals surface area contributed by atoms with Gasteiger partial charge in [-0.2, -0.15) is 0 Å². The molecule has 5 saturated heterocycles. The third kappa shape index (κ3) is 11.0. The van der Waals surface area contributed by atoms with Crippen molar-refractivity contribution in [2.45, 2.75) is 272 Å². The van der Waals surface area contributed by atoms with Crippen LogP contribution >= 0.6 is 0 Å². The van der Waals surface area contributed by atoms with Gasteiger partial charge in [-0.05, 0) is 114 Å². The summed E-state index contributed by atoms with van der Waals surface area (Å²) in [6.07, 6.45) is -15.0. The third-order valence-corrected chi connectivity index (χ3v) is 20.3. The van der Waals surface area contributed by atoms with Gasteiger partial charge in [-0.25, -0.2) is 4.79 Å². The lowest BCUT2D eigenvalue weighted by Gasteiger charge is -2.65. The molecule has 0 aromatic rings. The van der Waals surface area contributed by atoms with Crippen LogP contribution in [0.4, 0.5) is 0 Å². The van der Waals surface area contributed by atoms with Gasteiger partial charge in [0, 0.05) is 44.1 Å². The summed E-state index contributed by atoms with van der Waals surface area (Å²) >= 11 is 0. The highest BCUT2D eigenvalue weighted by Crippen LogP contribution is 2.70. The SMILES string of the molecule is CC(=O)O[C@H]1C[C@@H](O[C@H]2[C@@H](O)C[C@H](O[C@H]3[C@@H](O)C[C@H](O[C@H]4[C@@H](O)C[C@H](O[C@H]5CC[C@@]6(C)[C@@H](CC[C@@H]7[C@H]6C[C@@H](O)[C@]6(C)[C@@H](C8=CC(=O)OC8)CC[C@]76O)C5)O[C@@H]4C)O[C@@H]3C)O[C@@H]2C)O[C@H](C)[C@@H]1O[C@@H]1O[C@H](CO)[C@@H](O)[C@H](O)[C@H]1O. The number of fused-ring (bicyclic) bond motifs is 5. The molecule has 23 heteroatoms. The Hall–Kier alpha value is -2.08. The summed E-state index contributed by atoms with van der Waals surface area (Å²) in [5.41, 5.74) is -1.03. The Morgan fingerprint density at radius 2 is 1.18 bits per heavy atom. The molecule has 6 heterocycles. The van der Waals surface area contributed by atoms with Crippen LogP contribution in [-0.4, -0.2) is 218 Å². The molecule has 0 amide bonds. The number of ether oxygens (including phenoxy) is 12. The Balaban J connectivity index is 0.671. The molecule has 0 bridgehead atoms. The summed E-state index contributed by atoms with van der Waals surface area (Å²) in [7, 11) is 0. The van der Waals surface area contributed by atoms with Crippen LogP contribution in [-0.2, 0) is 66.4 Å². The number of cyclic esters (lactones) is 1. The molecule has 444 valence electrons. The Kier molecular flexibility index (Phi) is 17.6. The minimum Gasteiger partial charge on any atom is -0.459 e. The molecule has 10 rings (SSSR count). The summed E-state index contributed by atoms with van der Waals surface area (Å²) in [4.78, 5) is 24.2. The molecular formula is C55H86O23. The second-order valence-corrected chi connectivity index (χ2v) is 24.9. The molecule has 0 aromatic carbocycles. The van der Waals surface area contributed by atoms with E-state index in [1.165, 1.54) is 6.92 Å². The number of carbonyl (C=O) groups is 2. The normalized spacial score (nSPS) is 53.6. The van der Waals surface area contributed by atoms with E-state index in [-0.39, 0.29) is 67.5 Å². The lowest BCUT2D eigenvalue weighted by Crippen LogP contribution is -2.67. The largest absolute Gasteiger partial charge is 0.459 e. The predicted octanol–water partition coefficient (Wildman–Crippen LogP) is 0.494. The van der Waals surface area contributed by atoms with E-state index in [0.717, 1.165) is 37.7 Å². The summed E-state index contributed by atoms with van der Waals surface area (Å²) < 4.78 is 72.6.